The van der Waals surface area contributed by atoms with E-state index in [1.807, 2.05) is 0 Å². The molecule has 0 saturated heterocycles. The van der Waals surface area contributed by atoms with Gasteiger partial charge in [0.15, 0.2) is 0 Å². The van der Waals surface area contributed by atoms with Crippen LogP contribution in [0.15, 0.2) is 0 Å². The maximum Gasteiger partial charge on any atom is 0.383 e. The van der Waals surface area contributed by atoms with E-state index >= 15 is 0 Å². The Kier molecular flexibility index (Phi) is 4.78. The van der Waals surface area contributed by atoms with Crippen LogP contribution in [-0.2, 0) is 4.79 Å². The lowest BCUT2D eigenvalue weighted by Crippen LogP contribution is -2.47. The van der Waals surface area contributed by atoms with Gasteiger partial charge >= 0.3 is 12.3 Å². The number of amides is 1. The van der Waals surface area contributed by atoms with Crippen molar-refractivity contribution < 1.29 is 32.6 Å². The van der Waals surface area contributed by atoms with Gasteiger partial charge in [-0.15, -0.1) is 0 Å². The van der Waals surface area contributed by atoms with E-state index in [4.69, 9.17) is 10.2 Å². The Morgan fingerprint density at radius 1 is 1.43 bits per heavy atom. The van der Waals surface area contributed by atoms with Gasteiger partial charge in [0, 0.05) is 6.54 Å². The van der Waals surface area contributed by atoms with E-state index in [0.717, 1.165) is 0 Å². The molecular weight excluding hydrogens is 210 g/mol. The molecule has 0 aliphatic heterocycles. The van der Waals surface area contributed by atoms with Crippen molar-refractivity contribution in [1.82, 2.24) is 5.32 Å². The van der Waals surface area contributed by atoms with Crippen molar-refractivity contribution in [3.63, 3.8) is 0 Å². The number of hydrogen-bond acceptors (Lipinski definition) is 3. The van der Waals surface area contributed by atoms with Gasteiger partial charge < -0.3 is 15.5 Å². The first-order valence-corrected chi connectivity index (χ1v) is 3.55. The second-order valence-electron chi connectivity index (χ2n) is 2.47. The zero-order valence-corrected chi connectivity index (χ0v) is 6.88. The minimum absolute atomic E-state index is 0.711. The molecule has 0 heterocycles. The third-order valence-electron chi connectivity index (χ3n) is 1.29. The largest absolute Gasteiger partial charge is 0.394 e. The molecular formula is C6H9F4NO3. The Hall–Kier alpha value is -0.890. The Morgan fingerprint density at radius 2 is 1.93 bits per heavy atom. The molecule has 0 aliphatic rings. The van der Waals surface area contributed by atoms with Crippen molar-refractivity contribution >= 4 is 5.91 Å². The lowest BCUT2D eigenvalue weighted by molar-refractivity contribution is -0.169. The second kappa shape index (κ2) is 5.11. The molecule has 0 aromatic carbocycles. The first-order valence-electron chi connectivity index (χ1n) is 3.55. The Morgan fingerprint density at radius 3 is 2.29 bits per heavy atom. The number of carbonyl (C=O) groups excluding carboxylic acids is 1. The topological polar surface area (TPSA) is 69.6 Å². The number of halogens is 4. The van der Waals surface area contributed by atoms with Gasteiger partial charge in [-0.3, -0.25) is 4.79 Å². The van der Waals surface area contributed by atoms with Crippen LogP contribution in [0.5, 0.6) is 0 Å². The summed E-state index contributed by atoms with van der Waals surface area (Å²) < 4.78 is 47.5. The monoisotopic (exact) mass is 219 g/mol. The summed E-state index contributed by atoms with van der Waals surface area (Å²) in [7, 11) is 0. The minimum Gasteiger partial charge on any atom is -0.394 e. The van der Waals surface area contributed by atoms with E-state index < -0.39 is 37.5 Å². The predicted octanol–water partition coefficient (Wildman–Crippen LogP) is -0.644. The van der Waals surface area contributed by atoms with Crippen LogP contribution in [0.2, 0.25) is 0 Å². The van der Waals surface area contributed by atoms with E-state index in [1.54, 1.807) is 0 Å². The molecule has 1 atom stereocenters. The van der Waals surface area contributed by atoms with Gasteiger partial charge in [-0.05, 0) is 0 Å². The fourth-order valence-electron chi connectivity index (χ4n) is 0.492. The van der Waals surface area contributed by atoms with E-state index in [2.05, 4.69) is 0 Å². The summed E-state index contributed by atoms with van der Waals surface area (Å²) in [5.74, 6) is -6.96. The normalized spacial score (nSPS) is 14.2. The van der Waals surface area contributed by atoms with Crippen molar-refractivity contribution in [3.8, 4) is 0 Å². The standard InChI is InChI=1S/C6H9F4NO3/c7-4(8)6(9,10)5(14)11-1-3(13)2-12/h3-4,12-13H,1-2H2,(H,11,14). The predicted molar refractivity (Wildman–Crippen MR) is 37.1 cm³/mol. The highest BCUT2D eigenvalue weighted by Crippen LogP contribution is 2.22. The molecule has 1 unspecified atom stereocenters. The van der Waals surface area contributed by atoms with Gasteiger partial charge in [-0.25, -0.2) is 8.78 Å². The fraction of sp³-hybridized carbons (Fsp3) is 0.833. The Balaban J connectivity index is 4.08. The highest BCUT2D eigenvalue weighted by molar-refractivity contribution is 5.83. The first-order chi connectivity index (χ1) is 6.32. The zero-order valence-electron chi connectivity index (χ0n) is 6.88. The molecule has 84 valence electrons. The lowest BCUT2D eigenvalue weighted by atomic mass is 10.3. The molecule has 14 heavy (non-hydrogen) atoms. The summed E-state index contributed by atoms with van der Waals surface area (Å²) in [5, 5.41) is 18.2. The van der Waals surface area contributed by atoms with Crippen molar-refractivity contribution in [2.24, 2.45) is 0 Å². The van der Waals surface area contributed by atoms with E-state index in [0.29, 0.717) is 0 Å². The third-order valence-corrected chi connectivity index (χ3v) is 1.29. The average Bonchev–Trinajstić information content (AvgIpc) is 2.12. The fourth-order valence-corrected chi connectivity index (χ4v) is 0.492. The van der Waals surface area contributed by atoms with Gasteiger partial charge in [0.1, 0.15) is 0 Å². The van der Waals surface area contributed by atoms with Gasteiger partial charge in [0.05, 0.1) is 12.7 Å². The summed E-state index contributed by atoms with van der Waals surface area (Å²) in [6.07, 6.45) is -5.55. The SMILES string of the molecule is O=C(NCC(O)CO)C(F)(F)C(F)F. The molecule has 0 spiro atoms. The molecule has 0 aromatic rings. The molecule has 0 saturated carbocycles. The second-order valence-corrected chi connectivity index (χ2v) is 2.47. The maximum absolute atomic E-state index is 12.2. The van der Waals surface area contributed by atoms with Crippen LogP contribution < -0.4 is 5.32 Å². The molecule has 0 rings (SSSR count). The number of rotatable bonds is 5. The van der Waals surface area contributed by atoms with Crippen molar-refractivity contribution in [2.45, 2.75) is 18.5 Å². The van der Waals surface area contributed by atoms with E-state index in [9.17, 15) is 22.4 Å². The van der Waals surface area contributed by atoms with Crippen molar-refractivity contribution in [2.75, 3.05) is 13.2 Å². The van der Waals surface area contributed by atoms with Gasteiger partial charge in [0.2, 0.25) is 0 Å². The molecule has 1 amide bonds. The molecule has 0 aliphatic carbocycles. The number of nitrogens with one attached hydrogen (secondary N) is 1. The van der Waals surface area contributed by atoms with E-state index in [-0.39, 0.29) is 0 Å². The quantitative estimate of drug-likeness (QED) is 0.538. The van der Waals surface area contributed by atoms with Crippen LogP contribution in [0.25, 0.3) is 0 Å². The minimum atomic E-state index is -4.78. The number of aliphatic hydroxyl groups excluding tert-OH is 2. The molecule has 3 N–H and O–H groups in total. The molecule has 0 bridgehead atoms. The third kappa shape index (κ3) is 3.46. The average molecular weight is 219 g/mol. The highest BCUT2D eigenvalue weighted by Gasteiger charge is 2.48. The smallest absolute Gasteiger partial charge is 0.383 e. The summed E-state index contributed by atoms with van der Waals surface area (Å²) in [4.78, 5) is 10.4. The molecule has 8 heteroatoms. The molecule has 0 radical (unpaired) electrons. The number of alkyl halides is 4. The van der Waals surface area contributed by atoms with Crippen LogP contribution in [-0.4, -0.2) is 47.7 Å². The maximum atomic E-state index is 12.2. The highest BCUT2D eigenvalue weighted by atomic mass is 19.3. The summed E-state index contributed by atoms with van der Waals surface area (Å²) in [5.41, 5.74) is 0. The number of aliphatic hydroxyl groups is 2. The van der Waals surface area contributed by atoms with Crippen LogP contribution in [0.4, 0.5) is 17.6 Å². The van der Waals surface area contributed by atoms with Gasteiger partial charge in [-0.1, -0.05) is 0 Å². The summed E-state index contributed by atoms with van der Waals surface area (Å²) in [6, 6.07) is 0. The number of hydrogen-bond donors (Lipinski definition) is 3. The lowest BCUT2D eigenvalue weighted by Gasteiger charge is -2.15. The molecule has 0 aromatic heterocycles. The molecule has 0 fully saturated rings. The summed E-state index contributed by atoms with van der Waals surface area (Å²) in [6.45, 7) is -1.47. The van der Waals surface area contributed by atoms with Crippen molar-refractivity contribution in [1.29, 1.82) is 0 Å². The van der Waals surface area contributed by atoms with Crippen LogP contribution >= 0.6 is 0 Å². The van der Waals surface area contributed by atoms with Crippen LogP contribution in [0.1, 0.15) is 0 Å². The molecule has 4 nitrogen and oxygen atoms in total. The Bertz CT molecular complexity index is 200. The number of carbonyl (C=O) groups is 1. The van der Waals surface area contributed by atoms with Crippen molar-refractivity contribution in [3.05, 3.63) is 0 Å². The first kappa shape index (κ1) is 13.1. The van der Waals surface area contributed by atoms with Crippen LogP contribution in [0, 0.1) is 0 Å². The van der Waals surface area contributed by atoms with Gasteiger partial charge in [0.25, 0.3) is 5.91 Å². The summed E-state index contributed by atoms with van der Waals surface area (Å²) >= 11 is 0. The zero-order chi connectivity index (χ0) is 11.4. The Labute approximate surface area is 76.5 Å². The van der Waals surface area contributed by atoms with E-state index in [1.165, 1.54) is 5.32 Å². The van der Waals surface area contributed by atoms with Gasteiger partial charge in [-0.2, -0.15) is 8.78 Å². The van der Waals surface area contributed by atoms with Crippen LogP contribution in [0.3, 0.4) is 0 Å².